The Kier molecular flexibility index (Phi) is 7.67. The fraction of sp³-hybridized carbons (Fsp3) is 0.562. The van der Waals surface area contributed by atoms with Crippen molar-refractivity contribution in [1.29, 1.82) is 0 Å². The average Bonchev–Trinajstić information content (AvgIpc) is 2.52. The van der Waals surface area contributed by atoms with Crippen LogP contribution in [0.4, 0.5) is 0 Å². The maximum Gasteiger partial charge on any atom is 0.251 e. The average molecular weight is 341 g/mol. The molecular weight excluding hydrogens is 314 g/mol. The zero-order valence-electron chi connectivity index (χ0n) is 14.0. The Hall–Kier alpha value is -1.44. The summed E-state index contributed by atoms with van der Waals surface area (Å²) in [6, 6.07) is 6.82. The fourth-order valence-electron chi connectivity index (χ4n) is 2.12. The van der Waals surface area contributed by atoms with Crippen molar-refractivity contribution in [1.82, 2.24) is 10.0 Å². The van der Waals surface area contributed by atoms with Gasteiger partial charge in [-0.3, -0.25) is 4.79 Å². The number of amides is 1. The van der Waals surface area contributed by atoms with Gasteiger partial charge in [0, 0.05) is 24.7 Å². The van der Waals surface area contributed by atoms with Gasteiger partial charge in [0.2, 0.25) is 10.0 Å². The third kappa shape index (κ3) is 7.11. The van der Waals surface area contributed by atoms with E-state index in [2.05, 4.69) is 23.9 Å². The quantitative estimate of drug-likeness (QED) is 0.629. The molecule has 6 nitrogen and oxygen atoms in total. The fourth-order valence-corrected chi connectivity index (χ4v) is 2.71. The minimum atomic E-state index is -3.22. The number of nitrogens with two attached hydrogens (primary N) is 1. The summed E-state index contributed by atoms with van der Waals surface area (Å²) in [6.45, 7) is 6.38. The van der Waals surface area contributed by atoms with Crippen molar-refractivity contribution in [2.75, 3.05) is 12.3 Å². The van der Waals surface area contributed by atoms with Crippen LogP contribution >= 0.6 is 0 Å². The maximum atomic E-state index is 12.2. The van der Waals surface area contributed by atoms with Gasteiger partial charge in [0.1, 0.15) is 0 Å². The summed E-state index contributed by atoms with van der Waals surface area (Å²) in [5, 5.41) is 2.92. The zero-order valence-corrected chi connectivity index (χ0v) is 14.8. The number of carbonyl (C=O) groups is 1. The van der Waals surface area contributed by atoms with Gasteiger partial charge in [0.25, 0.3) is 5.91 Å². The van der Waals surface area contributed by atoms with Crippen molar-refractivity contribution >= 4 is 15.9 Å². The molecule has 0 aliphatic carbocycles. The van der Waals surface area contributed by atoms with Crippen molar-refractivity contribution in [2.45, 2.75) is 39.8 Å². The van der Waals surface area contributed by atoms with Crippen LogP contribution in [0.5, 0.6) is 0 Å². The van der Waals surface area contributed by atoms with Gasteiger partial charge in [-0.2, -0.15) is 0 Å². The first-order valence-corrected chi connectivity index (χ1v) is 9.49. The van der Waals surface area contributed by atoms with Crippen LogP contribution in [0.25, 0.3) is 0 Å². The highest BCUT2D eigenvalue weighted by Crippen LogP contribution is 2.08. The summed E-state index contributed by atoms with van der Waals surface area (Å²) in [7, 11) is -3.22. The number of sulfonamides is 1. The van der Waals surface area contributed by atoms with Crippen LogP contribution in [0.2, 0.25) is 0 Å². The molecule has 0 radical (unpaired) electrons. The third-order valence-corrected chi connectivity index (χ3v) is 4.81. The number of benzene rings is 1. The Balaban J connectivity index is 2.63. The number of hydrogen-bond donors (Lipinski definition) is 3. The molecule has 1 rings (SSSR count). The first-order valence-electron chi connectivity index (χ1n) is 7.84. The first-order chi connectivity index (χ1) is 10.8. The monoisotopic (exact) mass is 341 g/mol. The molecule has 0 saturated heterocycles. The molecule has 1 amide bonds. The molecule has 1 aromatic carbocycles. The first kappa shape index (κ1) is 19.6. The van der Waals surface area contributed by atoms with Crippen LogP contribution in [-0.2, 0) is 16.6 Å². The van der Waals surface area contributed by atoms with Crippen molar-refractivity contribution < 1.29 is 13.2 Å². The second kappa shape index (κ2) is 9.00. The van der Waals surface area contributed by atoms with Gasteiger partial charge >= 0.3 is 0 Å². The summed E-state index contributed by atoms with van der Waals surface area (Å²) in [4.78, 5) is 12.2. The topological polar surface area (TPSA) is 101 Å². The minimum Gasteiger partial charge on any atom is -0.348 e. The number of nitrogens with one attached hydrogen (secondary N) is 2. The van der Waals surface area contributed by atoms with Gasteiger partial charge < -0.3 is 11.1 Å². The second-order valence-electron chi connectivity index (χ2n) is 5.96. The summed E-state index contributed by atoms with van der Waals surface area (Å²) in [5.74, 6) is 0.337. The SMILES string of the molecule is CCS(=O)(=O)NCc1ccc(C(=O)NC(CN)CC(C)C)cc1. The molecule has 23 heavy (non-hydrogen) atoms. The lowest BCUT2D eigenvalue weighted by Gasteiger charge is -2.18. The highest BCUT2D eigenvalue weighted by Gasteiger charge is 2.14. The van der Waals surface area contributed by atoms with E-state index in [1.54, 1.807) is 31.2 Å². The third-order valence-electron chi connectivity index (χ3n) is 3.47. The predicted octanol–water partition coefficient (Wildman–Crippen LogP) is 1.23. The van der Waals surface area contributed by atoms with Crippen LogP contribution in [0.1, 0.15) is 43.1 Å². The Morgan fingerprint density at radius 3 is 2.30 bits per heavy atom. The van der Waals surface area contributed by atoms with Crippen LogP contribution < -0.4 is 15.8 Å². The van der Waals surface area contributed by atoms with Crippen LogP contribution in [0.15, 0.2) is 24.3 Å². The smallest absolute Gasteiger partial charge is 0.251 e. The molecule has 0 fully saturated rings. The Morgan fingerprint density at radius 2 is 1.83 bits per heavy atom. The molecule has 0 aliphatic rings. The normalized spacial score (nSPS) is 13.1. The molecule has 0 aromatic heterocycles. The van der Waals surface area contributed by atoms with E-state index in [1.165, 1.54) is 0 Å². The molecule has 0 aliphatic heterocycles. The molecule has 0 bridgehead atoms. The van der Waals surface area contributed by atoms with E-state index in [0.717, 1.165) is 12.0 Å². The van der Waals surface area contributed by atoms with Gasteiger partial charge in [-0.05, 0) is 37.0 Å². The summed E-state index contributed by atoms with van der Waals surface area (Å²) in [5.41, 5.74) is 7.02. The molecule has 1 atom stereocenters. The minimum absolute atomic E-state index is 0.0430. The highest BCUT2D eigenvalue weighted by molar-refractivity contribution is 7.89. The Labute approximate surface area is 138 Å². The van der Waals surface area contributed by atoms with E-state index < -0.39 is 10.0 Å². The standard InChI is InChI=1S/C16H27N3O3S/c1-4-23(21,22)18-11-13-5-7-14(8-6-13)16(20)19-15(10-17)9-12(2)3/h5-8,12,15,18H,4,9-11,17H2,1-3H3,(H,19,20). The van der Waals surface area contributed by atoms with E-state index in [4.69, 9.17) is 5.73 Å². The molecule has 0 saturated carbocycles. The second-order valence-corrected chi connectivity index (χ2v) is 8.05. The number of carbonyl (C=O) groups excluding carboxylic acids is 1. The van der Waals surface area contributed by atoms with E-state index in [9.17, 15) is 13.2 Å². The molecule has 0 spiro atoms. The molecule has 4 N–H and O–H groups in total. The van der Waals surface area contributed by atoms with Crippen LogP contribution in [-0.4, -0.2) is 32.7 Å². The molecule has 0 heterocycles. The highest BCUT2D eigenvalue weighted by atomic mass is 32.2. The molecule has 1 unspecified atom stereocenters. The lowest BCUT2D eigenvalue weighted by atomic mass is 10.0. The molecule has 1 aromatic rings. The maximum absolute atomic E-state index is 12.2. The predicted molar refractivity (Wildman–Crippen MR) is 92.5 cm³/mol. The lowest BCUT2D eigenvalue weighted by Crippen LogP contribution is -2.41. The van der Waals surface area contributed by atoms with Crippen molar-refractivity contribution in [2.24, 2.45) is 11.7 Å². The summed E-state index contributed by atoms with van der Waals surface area (Å²) < 4.78 is 25.3. The van der Waals surface area contributed by atoms with Gasteiger partial charge in [0.05, 0.1) is 5.75 Å². The van der Waals surface area contributed by atoms with Crippen molar-refractivity contribution in [3.63, 3.8) is 0 Å². The van der Waals surface area contributed by atoms with E-state index in [0.29, 0.717) is 18.0 Å². The Bertz CT molecular complexity index is 598. The number of hydrogen-bond acceptors (Lipinski definition) is 4. The Morgan fingerprint density at radius 1 is 1.22 bits per heavy atom. The lowest BCUT2D eigenvalue weighted by molar-refractivity contribution is 0.0933. The molecule has 130 valence electrons. The van der Waals surface area contributed by atoms with Gasteiger partial charge in [0.15, 0.2) is 0 Å². The van der Waals surface area contributed by atoms with Crippen molar-refractivity contribution in [3.05, 3.63) is 35.4 Å². The largest absolute Gasteiger partial charge is 0.348 e. The zero-order chi connectivity index (χ0) is 17.5. The summed E-state index contributed by atoms with van der Waals surface area (Å²) in [6.07, 6.45) is 0.832. The van der Waals surface area contributed by atoms with E-state index >= 15 is 0 Å². The van der Waals surface area contributed by atoms with Crippen LogP contribution in [0, 0.1) is 5.92 Å². The van der Waals surface area contributed by atoms with Gasteiger partial charge in [-0.1, -0.05) is 26.0 Å². The van der Waals surface area contributed by atoms with Crippen LogP contribution in [0.3, 0.4) is 0 Å². The number of rotatable bonds is 9. The summed E-state index contributed by atoms with van der Waals surface area (Å²) >= 11 is 0. The van der Waals surface area contributed by atoms with Gasteiger partial charge in [-0.15, -0.1) is 0 Å². The molecule has 7 heteroatoms. The molecular formula is C16H27N3O3S. The van der Waals surface area contributed by atoms with Gasteiger partial charge in [-0.25, -0.2) is 13.1 Å². The van der Waals surface area contributed by atoms with E-state index in [-0.39, 0.29) is 24.2 Å². The van der Waals surface area contributed by atoms with E-state index in [1.807, 2.05) is 0 Å². The van der Waals surface area contributed by atoms with Crippen molar-refractivity contribution in [3.8, 4) is 0 Å².